The van der Waals surface area contributed by atoms with Crippen molar-refractivity contribution in [2.24, 2.45) is 11.8 Å². The number of carbonyl (C=O) groups excluding carboxylic acids is 1. The summed E-state index contributed by atoms with van der Waals surface area (Å²) in [5.41, 5.74) is 2.44. The summed E-state index contributed by atoms with van der Waals surface area (Å²) in [5, 5.41) is 0.501. The molecule has 0 radical (unpaired) electrons. The number of aromatic amines is 1. The van der Waals surface area contributed by atoms with Crippen molar-refractivity contribution < 1.29 is 18.0 Å². The first-order valence-corrected chi connectivity index (χ1v) is 10.3. The Labute approximate surface area is 173 Å². The SMILES string of the molecule is CC(CCN(C)C(=O)C1CC1)Cc1c(-c2ccc(F)cc2)[nH]c2c(F)cc(F)cc12. The van der Waals surface area contributed by atoms with Gasteiger partial charge in [0.2, 0.25) is 5.91 Å². The van der Waals surface area contributed by atoms with Gasteiger partial charge < -0.3 is 9.88 Å². The number of fused-ring (bicyclic) bond motifs is 1. The van der Waals surface area contributed by atoms with Crippen LogP contribution in [0.1, 0.15) is 31.7 Å². The van der Waals surface area contributed by atoms with Crippen molar-refractivity contribution in [2.45, 2.75) is 32.6 Å². The van der Waals surface area contributed by atoms with E-state index in [2.05, 4.69) is 11.9 Å². The lowest BCUT2D eigenvalue weighted by Gasteiger charge is -2.20. The van der Waals surface area contributed by atoms with Crippen LogP contribution in [0.15, 0.2) is 36.4 Å². The van der Waals surface area contributed by atoms with Crippen molar-refractivity contribution in [1.82, 2.24) is 9.88 Å². The van der Waals surface area contributed by atoms with Gasteiger partial charge in [0.25, 0.3) is 0 Å². The fraction of sp³-hybridized carbons (Fsp3) is 0.375. The molecule has 1 aromatic heterocycles. The standard InChI is InChI=1S/C24H25F3N2O/c1-14(9-10-29(2)24(30)16-3-4-16)11-19-20-12-18(26)13-21(27)23(20)28-22(19)15-5-7-17(25)8-6-15/h5-8,12-14,16,28H,3-4,9-11H2,1-2H3. The quantitative estimate of drug-likeness (QED) is 0.530. The van der Waals surface area contributed by atoms with E-state index in [0.717, 1.165) is 36.5 Å². The second-order valence-corrected chi connectivity index (χ2v) is 8.43. The summed E-state index contributed by atoms with van der Waals surface area (Å²) in [6.45, 7) is 2.71. The summed E-state index contributed by atoms with van der Waals surface area (Å²) in [7, 11) is 1.83. The molecule has 2 aromatic carbocycles. The van der Waals surface area contributed by atoms with E-state index < -0.39 is 11.6 Å². The van der Waals surface area contributed by atoms with Crippen LogP contribution in [-0.2, 0) is 11.2 Å². The first-order chi connectivity index (χ1) is 14.3. The zero-order valence-corrected chi connectivity index (χ0v) is 17.1. The summed E-state index contributed by atoms with van der Waals surface area (Å²) in [4.78, 5) is 17.0. The van der Waals surface area contributed by atoms with Crippen molar-refractivity contribution in [3.8, 4) is 11.3 Å². The van der Waals surface area contributed by atoms with Gasteiger partial charge in [-0.25, -0.2) is 13.2 Å². The van der Waals surface area contributed by atoms with E-state index in [4.69, 9.17) is 0 Å². The van der Waals surface area contributed by atoms with Crippen molar-refractivity contribution >= 4 is 16.8 Å². The molecule has 158 valence electrons. The number of carbonyl (C=O) groups is 1. The molecule has 1 unspecified atom stereocenters. The lowest BCUT2D eigenvalue weighted by molar-refractivity contribution is -0.131. The van der Waals surface area contributed by atoms with Gasteiger partial charge in [-0.2, -0.15) is 0 Å². The van der Waals surface area contributed by atoms with Gasteiger partial charge in [0.1, 0.15) is 17.5 Å². The Morgan fingerprint density at radius 1 is 1.13 bits per heavy atom. The third-order valence-corrected chi connectivity index (χ3v) is 5.88. The van der Waals surface area contributed by atoms with Crippen LogP contribution in [0.25, 0.3) is 22.2 Å². The van der Waals surface area contributed by atoms with Crippen LogP contribution in [-0.4, -0.2) is 29.4 Å². The molecule has 0 spiro atoms. The molecule has 1 atom stereocenters. The minimum atomic E-state index is -0.651. The molecule has 1 N–H and O–H groups in total. The smallest absolute Gasteiger partial charge is 0.225 e. The summed E-state index contributed by atoms with van der Waals surface area (Å²) in [6, 6.07) is 8.16. The predicted octanol–water partition coefficient (Wildman–Crippen LogP) is 5.69. The third-order valence-electron chi connectivity index (χ3n) is 5.88. The number of hydrogen-bond acceptors (Lipinski definition) is 1. The first-order valence-electron chi connectivity index (χ1n) is 10.3. The molecule has 3 aromatic rings. The van der Waals surface area contributed by atoms with Gasteiger partial charge in [0, 0.05) is 36.7 Å². The molecule has 1 aliphatic carbocycles. The number of rotatable bonds is 7. The normalized spacial score (nSPS) is 14.8. The largest absolute Gasteiger partial charge is 0.352 e. The van der Waals surface area contributed by atoms with E-state index in [0.29, 0.717) is 24.0 Å². The van der Waals surface area contributed by atoms with Gasteiger partial charge in [-0.15, -0.1) is 0 Å². The number of halogens is 3. The zero-order chi connectivity index (χ0) is 21.4. The van der Waals surface area contributed by atoms with Crippen LogP contribution >= 0.6 is 0 Å². The number of nitrogens with zero attached hydrogens (tertiary/aromatic N) is 1. The highest BCUT2D eigenvalue weighted by molar-refractivity contribution is 5.91. The molecule has 0 aliphatic heterocycles. The Kier molecular flexibility index (Phi) is 5.58. The molecule has 0 saturated heterocycles. The predicted molar refractivity (Wildman–Crippen MR) is 111 cm³/mol. The molecular weight excluding hydrogens is 389 g/mol. The Morgan fingerprint density at radius 2 is 1.83 bits per heavy atom. The van der Waals surface area contributed by atoms with Gasteiger partial charge in [-0.3, -0.25) is 4.79 Å². The van der Waals surface area contributed by atoms with Crippen molar-refractivity contribution in [3.63, 3.8) is 0 Å². The van der Waals surface area contributed by atoms with Gasteiger partial charge in [0.05, 0.1) is 5.52 Å². The summed E-state index contributed by atoms with van der Waals surface area (Å²) < 4.78 is 41.7. The highest BCUT2D eigenvalue weighted by atomic mass is 19.1. The first kappa shape index (κ1) is 20.5. The van der Waals surface area contributed by atoms with Gasteiger partial charge in [-0.05, 0) is 73.1 Å². The van der Waals surface area contributed by atoms with Gasteiger partial charge in [0.15, 0.2) is 0 Å². The zero-order valence-electron chi connectivity index (χ0n) is 17.1. The van der Waals surface area contributed by atoms with Crippen LogP contribution in [0.3, 0.4) is 0 Å². The molecule has 1 aliphatic rings. The Bertz CT molecular complexity index is 1070. The topological polar surface area (TPSA) is 36.1 Å². The van der Waals surface area contributed by atoms with E-state index in [1.54, 1.807) is 17.0 Å². The van der Waals surface area contributed by atoms with Gasteiger partial charge in [-0.1, -0.05) is 6.92 Å². The Balaban J connectivity index is 1.61. The van der Waals surface area contributed by atoms with Gasteiger partial charge >= 0.3 is 0 Å². The second-order valence-electron chi connectivity index (χ2n) is 8.43. The van der Waals surface area contributed by atoms with Crippen LogP contribution < -0.4 is 0 Å². The van der Waals surface area contributed by atoms with Crippen LogP contribution in [0.2, 0.25) is 0 Å². The highest BCUT2D eigenvalue weighted by Gasteiger charge is 2.32. The molecule has 6 heteroatoms. The third kappa shape index (κ3) is 4.23. The van der Waals surface area contributed by atoms with E-state index in [1.165, 1.54) is 18.2 Å². The number of aromatic nitrogens is 1. The number of H-pyrrole nitrogens is 1. The number of hydrogen-bond donors (Lipinski definition) is 1. The molecule has 3 nitrogen and oxygen atoms in total. The van der Waals surface area contributed by atoms with Crippen molar-refractivity contribution in [3.05, 3.63) is 59.4 Å². The van der Waals surface area contributed by atoms with Crippen molar-refractivity contribution in [2.75, 3.05) is 13.6 Å². The number of nitrogens with one attached hydrogen (secondary N) is 1. The molecular formula is C24H25F3N2O. The monoisotopic (exact) mass is 414 g/mol. The molecule has 4 rings (SSSR count). The highest BCUT2D eigenvalue weighted by Crippen LogP contribution is 2.35. The fourth-order valence-electron chi connectivity index (χ4n) is 3.97. The summed E-state index contributed by atoms with van der Waals surface area (Å²) in [6.07, 6.45) is 3.32. The van der Waals surface area contributed by atoms with Crippen LogP contribution in [0, 0.1) is 29.3 Å². The average Bonchev–Trinajstić information content (AvgIpc) is 3.50. The molecule has 1 heterocycles. The maximum atomic E-state index is 14.4. The van der Waals surface area contributed by atoms with E-state index in [9.17, 15) is 18.0 Å². The van der Waals surface area contributed by atoms with Crippen molar-refractivity contribution in [1.29, 1.82) is 0 Å². The Morgan fingerprint density at radius 3 is 2.50 bits per heavy atom. The molecule has 1 fully saturated rings. The number of amides is 1. The average molecular weight is 414 g/mol. The molecule has 30 heavy (non-hydrogen) atoms. The lowest BCUT2D eigenvalue weighted by atomic mass is 9.93. The second kappa shape index (κ2) is 8.17. The number of benzene rings is 2. The maximum Gasteiger partial charge on any atom is 0.225 e. The minimum absolute atomic E-state index is 0.184. The minimum Gasteiger partial charge on any atom is -0.352 e. The van der Waals surface area contributed by atoms with E-state index in [1.807, 2.05) is 7.05 Å². The molecule has 1 amide bonds. The van der Waals surface area contributed by atoms with E-state index >= 15 is 0 Å². The van der Waals surface area contributed by atoms with Crippen LogP contribution in [0.5, 0.6) is 0 Å². The molecule has 0 bridgehead atoms. The summed E-state index contributed by atoms with van der Waals surface area (Å²) >= 11 is 0. The van der Waals surface area contributed by atoms with Crippen LogP contribution in [0.4, 0.5) is 13.2 Å². The lowest BCUT2D eigenvalue weighted by Crippen LogP contribution is -2.30. The summed E-state index contributed by atoms with van der Waals surface area (Å²) in [5.74, 6) is -1.06. The fourth-order valence-corrected chi connectivity index (χ4v) is 3.97. The molecule has 1 saturated carbocycles. The maximum absolute atomic E-state index is 14.4. The Hall–Kier alpha value is -2.76. The van der Waals surface area contributed by atoms with E-state index in [-0.39, 0.29) is 29.1 Å².